The number of nitrogens with zero attached hydrogens (tertiary/aromatic N) is 2. The highest BCUT2D eigenvalue weighted by Gasteiger charge is 2.31. The minimum Gasteiger partial charge on any atom is -0.488 e. The van der Waals surface area contributed by atoms with Crippen molar-refractivity contribution in [1.82, 2.24) is 9.88 Å². The van der Waals surface area contributed by atoms with Crippen LogP contribution in [0.15, 0.2) is 36.5 Å². The minimum atomic E-state index is 0.297. The Morgan fingerprint density at radius 1 is 1.25 bits per heavy atom. The highest BCUT2D eigenvalue weighted by molar-refractivity contribution is 5.84. The number of aromatic nitrogens is 1. The summed E-state index contributed by atoms with van der Waals surface area (Å²) in [6, 6.07) is 10.8. The van der Waals surface area contributed by atoms with Crippen LogP contribution in [0.5, 0.6) is 5.75 Å². The number of pyridine rings is 1. The van der Waals surface area contributed by atoms with E-state index in [1.54, 1.807) is 0 Å². The average Bonchev–Trinajstić information content (AvgIpc) is 2.90. The lowest BCUT2D eigenvalue weighted by Crippen LogP contribution is -2.29. The van der Waals surface area contributed by atoms with E-state index >= 15 is 0 Å². The Labute approximate surface area is 120 Å². The summed E-state index contributed by atoms with van der Waals surface area (Å²) in [5.74, 6) is 0.966. The highest BCUT2D eigenvalue weighted by Crippen LogP contribution is 2.28. The van der Waals surface area contributed by atoms with Crippen LogP contribution in [0.3, 0.4) is 0 Å². The molecule has 1 aromatic carbocycles. The molecule has 3 heteroatoms. The van der Waals surface area contributed by atoms with Gasteiger partial charge in [-0.1, -0.05) is 26.0 Å². The Morgan fingerprint density at radius 2 is 2.10 bits per heavy atom. The summed E-state index contributed by atoms with van der Waals surface area (Å²) >= 11 is 0. The Balaban J connectivity index is 1.80. The summed E-state index contributed by atoms with van der Waals surface area (Å²) in [6.45, 7) is 6.63. The fraction of sp³-hybridized carbons (Fsp3) is 0.471. The van der Waals surface area contributed by atoms with Crippen LogP contribution >= 0.6 is 0 Å². The molecule has 1 aliphatic heterocycles. The lowest BCUT2D eigenvalue weighted by atomic mass is 10.1. The van der Waals surface area contributed by atoms with E-state index in [9.17, 15) is 0 Å². The second-order valence-electron chi connectivity index (χ2n) is 5.45. The molecule has 2 aromatic rings. The Hall–Kier alpha value is -1.61. The van der Waals surface area contributed by atoms with E-state index in [0.717, 1.165) is 36.2 Å². The zero-order valence-electron chi connectivity index (χ0n) is 12.2. The smallest absolute Gasteiger partial charge is 0.130 e. The zero-order valence-corrected chi connectivity index (χ0v) is 12.2. The number of rotatable bonds is 4. The average molecular weight is 270 g/mol. The molecule has 1 saturated heterocycles. The molecule has 0 bridgehead atoms. The lowest BCUT2D eigenvalue weighted by Gasteiger charge is -2.20. The van der Waals surface area contributed by atoms with E-state index in [0.29, 0.717) is 12.1 Å². The van der Waals surface area contributed by atoms with Crippen LogP contribution in [0.25, 0.3) is 10.9 Å². The number of hydrogen-bond acceptors (Lipinski definition) is 3. The molecule has 20 heavy (non-hydrogen) atoms. The number of likely N-dealkylation sites (N-methyl/N-ethyl adjacent to an activating group) is 1. The molecule has 1 fully saturated rings. The van der Waals surface area contributed by atoms with Gasteiger partial charge in [0.15, 0.2) is 0 Å². The van der Waals surface area contributed by atoms with E-state index in [4.69, 9.17) is 4.74 Å². The lowest BCUT2D eigenvalue weighted by molar-refractivity contribution is 0.202. The number of para-hydroxylation sites is 1. The second-order valence-corrected chi connectivity index (χ2v) is 5.45. The van der Waals surface area contributed by atoms with Gasteiger partial charge in [0.05, 0.1) is 5.52 Å². The number of likely N-dealkylation sites (tertiary alicyclic amines) is 1. The molecule has 3 rings (SSSR count). The maximum atomic E-state index is 6.27. The Kier molecular flexibility index (Phi) is 3.88. The van der Waals surface area contributed by atoms with Gasteiger partial charge in [0.1, 0.15) is 11.9 Å². The third-order valence-electron chi connectivity index (χ3n) is 4.27. The largest absolute Gasteiger partial charge is 0.488 e. The van der Waals surface area contributed by atoms with Gasteiger partial charge in [0, 0.05) is 30.6 Å². The maximum absolute atomic E-state index is 6.27. The topological polar surface area (TPSA) is 25.4 Å². The van der Waals surface area contributed by atoms with Gasteiger partial charge in [-0.05, 0) is 31.2 Å². The Bertz CT molecular complexity index is 567. The van der Waals surface area contributed by atoms with E-state index in [1.807, 2.05) is 30.5 Å². The fourth-order valence-electron chi connectivity index (χ4n) is 3.19. The number of benzene rings is 1. The first-order valence-electron chi connectivity index (χ1n) is 7.56. The van der Waals surface area contributed by atoms with Crippen LogP contribution in [0.1, 0.15) is 26.7 Å². The molecule has 1 aliphatic rings. The molecule has 0 radical (unpaired) electrons. The van der Waals surface area contributed by atoms with Crippen molar-refractivity contribution in [2.24, 2.45) is 0 Å². The standard InChI is InChI=1S/C17H22N2O/c1-3-13-11-14(12-19(13)4-2)20-17-9-10-18-16-8-6-5-7-15(16)17/h5-10,13-14H,3-4,11-12H2,1-2H3. The Morgan fingerprint density at radius 3 is 2.85 bits per heavy atom. The van der Waals surface area contributed by atoms with E-state index in [-0.39, 0.29) is 0 Å². The number of fused-ring (bicyclic) bond motifs is 1. The second kappa shape index (κ2) is 5.80. The van der Waals surface area contributed by atoms with Gasteiger partial charge >= 0.3 is 0 Å². The van der Waals surface area contributed by atoms with Crippen molar-refractivity contribution in [2.75, 3.05) is 13.1 Å². The number of ether oxygens (including phenoxy) is 1. The van der Waals surface area contributed by atoms with E-state index in [1.165, 1.54) is 6.42 Å². The van der Waals surface area contributed by atoms with Gasteiger partial charge in [0.2, 0.25) is 0 Å². The third kappa shape index (κ3) is 2.50. The number of hydrogen-bond donors (Lipinski definition) is 0. The minimum absolute atomic E-state index is 0.297. The third-order valence-corrected chi connectivity index (χ3v) is 4.27. The van der Waals surface area contributed by atoms with Crippen LogP contribution in [-0.4, -0.2) is 35.1 Å². The fourth-order valence-corrected chi connectivity index (χ4v) is 3.19. The summed E-state index contributed by atoms with van der Waals surface area (Å²) in [6.07, 6.45) is 4.46. The first-order valence-corrected chi connectivity index (χ1v) is 7.56. The van der Waals surface area contributed by atoms with Crippen molar-refractivity contribution in [2.45, 2.75) is 38.8 Å². The summed E-state index contributed by atoms with van der Waals surface area (Å²) in [5.41, 5.74) is 1.00. The molecule has 0 saturated carbocycles. The van der Waals surface area contributed by atoms with Crippen LogP contribution in [-0.2, 0) is 0 Å². The van der Waals surface area contributed by atoms with Gasteiger partial charge in [-0.3, -0.25) is 9.88 Å². The molecule has 0 amide bonds. The normalized spacial score (nSPS) is 23.3. The van der Waals surface area contributed by atoms with Gasteiger partial charge in [0.25, 0.3) is 0 Å². The van der Waals surface area contributed by atoms with Gasteiger partial charge in [-0.25, -0.2) is 0 Å². The summed E-state index contributed by atoms with van der Waals surface area (Å²) in [4.78, 5) is 6.91. The quantitative estimate of drug-likeness (QED) is 0.850. The van der Waals surface area contributed by atoms with Crippen LogP contribution in [0.2, 0.25) is 0 Å². The summed E-state index contributed by atoms with van der Waals surface area (Å²) < 4.78 is 6.27. The van der Waals surface area contributed by atoms with Crippen molar-refractivity contribution < 1.29 is 4.74 Å². The molecule has 0 aliphatic carbocycles. The van der Waals surface area contributed by atoms with Crippen LogP contribution < -0.4 is 4.74 Å². The molecular formula is C17H22N2O. The van der Waals surface area contributed by atoms with Crippen LogP contribution in [0.4, 0.5) is 0 Å². The first-order chi connectivity index (χ1) is 9.81. The summed E-state index contributed by atoms with van der Waals surface area (Å²) in [5, 5.41) is 1.11. The van der Waals surface area contributed by atoms with Crippen molar-refractivity contribution >= 4 is 10.9 Å². The predicted octanol–water partition coefficient (Wildman–Crippen LogP) is 3.49. The van der Waals surface area contributed by atoms with E-state index < -0.39 is 0 Å². The van der Waals surface area contributed by atoms with Gasteiger partial charge in [-0.2, -0.15) is 0 Å². The molecule has 2 atom stereocenters. The monoisotopic (exact) mass is 270 g/mol. The maximum Gasteiger partial charge on any atom is 0.130 e. The summed E-state index contributed by atoms with van der Waals surface area (Å²) in [7, 11) is 0. The molecule has 0 spiro atoms. The van der Waals surface area contributed by atoms with Crippen LogP contribution in [0, 0.1) is 0 Å². The molecule has 3 nitrogen and oxygen atoms in total. The molecule has 0 N–H and O–H groups in total. The van der Waals surface area contributed by atoms with Crippen molar-refractivity contribution in [1.29, 1.82) is 0 Å². The van der Waals surface area contributed by atoms with Crippen molar-refractivity contribution in [3.05, 3.63) is 36.5 Å². The zero-order chi connectivity index (χ0) is 13.9. The molecule has 2 heterocycles. The highest BCUT2D eigenvalue weighted by atomic mass is 16.5. The predicted molar refractivity (Wildman–Crippen MR) is 82.1 cm³/mol. The molecule has 106 valence electrons. The van der Waals surface area contributed by atoms with Gasteiger partial charge in [-0.15, -0.1) is 0 Å². The van der Waals surface area contributed by atoms with E-state index in [2.05, 4.69) is 29.8 Å². The molecule has 1 aromatic heterocycles. The van der Waals surface area contributed by atoms with Crippen molar-refractivity contribution in [3.63, 3.8) is 0 Å². The van der Waals surface area contributed by atoms with Crippen molar-refractivity contribution in [3.8, 4) is 5.75 Å². The molecule has 2 unspecified atom stereocenters. The van der Waals surface area contributed by atoms with Gasteiger partial charge < -0.3 is 4.74 Å². The molecular weight excluding hydrogens is 248 g/mol. The SMILES string of the molecule is CCC1CC(Oc2ccnc3ccccc23)CN1CC. The first kappa shape index (κ1) is 13.4.